The SMILES string of the molecule is C=CCOc1nnnn1-c1ccccc1. The van der Waals surface area contributed by atoms with E-state index in [1.165, 1.54) is 4.68 Å². The van der Waals surface area contributed by atoms with Crippen molar-refractivity contribution in [3.8, 4) is 11.7 Å². The van der Waals surface area contributed by atoms with E-state index in [0.717, 1.165) is 5.69 Å². The molecule has 5 heteroatoms. The summed E-state index contributed by atoms with van der Waals surface area (Å²) in [5, 5.41) is 11.2. The molecule has 0 N–H and O–H groups in total. The first-order chi connectivity index (χ1) is 7.42. The largest absolute Gasteiger partial charge is 0.458 e. The highest BCUT2D eigenvalue weighted by atomic mass is 16.5. The normalized spacial score (nSPS) is 9.87. The van der Waals surface area contributed by atoms with Crippen molar-refractivity contribution in [2.45, 2.75) is 0 Å². The lowest BCUT2D eigenvalue weighted by Gasteiger charge is -2.03. The monoisotopic (exact) mass is 202 g/mol. The van der Waals surface area contributed by atoms with Gasteiger partial charge in [0.05, 0.1) is 5.69 Å². The summed E-state index contributed by atoms with van der Waals surface area (Å²) >= 11 is 0. The molecule has 1 heterocycles. The topological polar surface area (TPSA) is 52.8 Å². The van der Waals surface area contributed by atoms with Crippen LogP contribution in [-0.2, 0) is 0 Å². The van der Waals surface area contributed by atoms with Gasteiger partial charge in [0.15, 0.2) is 0 Å². The van der Waals surface area contributed by atoms with Crippen LogP contribution in [0.5, 0.6) is 6.01 Å². The van der Waals surface area contributed by atoms with Gasteiger partial charge in [-0.1, -0.05) is 36.0 Å². The third-order valence-corrected chi connectivity index (χ3v) is 1.77. The molecule has 0 aliphatic rings. The zero-order chi connectivity index (χ0) is 10.5. The van der Waals surface area contributed by atoms with Gasteiger partial charge >= 0.3 is 6.01 Å². The van der Waals surface area contributed by atoms with Crippen LogP contribution in [0.1, 0.15) is 0 Å². The predicted molar refractivity (Wildman–Crippen MR) is 54.8 cm³/mol. The molecule has 0 bridgehead atoms. The Morgan fingerprint density at radius 3 is 2.87 bits per heavy atom. The lowest BCUT2D eigenvalue weighted by atomic mass is 10.3. The second kappa shape index (κ2) is 4.36. The van der Waals surface area contributed by atoms with Crippen LogP contribution in [0.4, 0.5) is 0 Å². The van der Waals surface area contributed by atoms with Crippen molar-refractivity contribution in [2.75, 3.05) is 6.61 Å². The summed E-state index contributed by atoms with van der Waals surface area (Å²) < 4.78 is 6.82. The van der Waals surface area contributed by atoms with Crippen molar-refractivity contribution in [2.24, 2.45) is 0 Å². The molecule has 2 aromatic rings. The highest BCUT2D eigenvalue weighted by Crippen LogP contribution is 2.11. The van der Waals surface area contributed by atoms with Gasteiger partial charge in [-0.25, -0.2) is 0 Å². The second-order valence-corrected chi connectivity index (χ2v) is 2.81. The molecule has 0 saturated carbocycles. The molecule has 0 fully saturated rings. The Hall–Kier alpha value is -2.17. The minimum atomic E-state index is 0.362. The molecule has 15 heavy (non-hydrogen) atoms. The average molecular weight is 202 g/mol. The first kappa shape index (κ1) is 9.39. The molecule has 0 amide bonds. The molecule has 0 aliphatic carbocycles. The van der Waals surface area contributed by atoms with Gasteiger partial charge in [0.1, 0.15) is 6.61 Å². The quantitative estimate of drug-likeness (QED) is 0.699. The lowest BCUT2D eigenvalue weighted by molar-refractivity contribution is 0.323. The maximum absolute atomic E-state index is 5.29. The van der Waals surface area contributed by atoms with E-state index in [0.29, 0.717) is 12.6 Å². The Kier molecular flexibility index (Phi) is 2.73. The number of hydrogen-bond acceptors (Lipinski definition) is 4. The van der Waals surface area contributed by atoms with Crippen LogP contribution in [0.3, 0.4) is 0 Å². The summed E-state index contributed by atoms with van der Waals surface area (Å²) in [5.74, 6) is 0. The average Bonchev–Trinajstić information content (AvgIpc) is 2.75. The number of benzene rings is 1. The number of ether oxygens (including phenoxy) is 1. The van der Waals surface area contributed by atoms with Crippen molar-refractivity contribution in [1.82, 2.24) is 20.2 Å². The van der Waals surface area contributed by atoms with E-state index in [2.05, 4.69) is 22.1 Å². The standard InChI is InChI=1S/C10H10N4O/c1-2-8-15-10-11-12-13-14(10)9-6-4-3-5-7-9/h2-7H,1,8H2. The summed E-state index contributed by atoms with van der Waals surface area (Å²) in [6.45, 7) is 3.94. The zero-order valence-corrected chi connectivity index (χ0v) is 8.08. The Morgan fingerprint density at radius 1 is 1.33 bits per heavy atom. The van der Waals surface area contributed by atoms with E-state index in [-0.39, 0.29) is 0 Å². The highest BCUT2D eigenvalue weighted by Gasteiger charge is 2.07. The van der Waals surface area contributed by atoms with Gasteiger partial charge in [-0.3, -0.25) is 0 Å². The van der Waals surface area contributed by atoms with Crippen LogP contribution < -0.4 is 4.74 Å². The highest BCUT2D eigenvalue weighted by molar-refractivity contribution is 5.31. The molecule has 0 unspecified atom stereocenters. The third-order valence-electron chi connectivity index (χ3n) is 1.77. The molecular weight excluding hydrogens is 192 g/mol. The van der Waals surface area contributed by atoms with Crippen LogP contribution in [-0.4, -0.2) is 26.8 Å². The summed E-state index contributed by atoms with van der Waals surface area (Å²) in [7, 11) is 0. The fourth-order valence-corrected chi connectivity index (χ4v) is 1.13. The smallest absolute Gasteiger partial charge is 0.340 e. The third kappa shape index (κ3) is 2.01. The summed E-state index contributed by atoms with van der Waals surface area (Å²) in [6, 6.07) is 9.91. The van der Waals surface area contributed by atoms with Crippen molar-refractivity contribution in [3.05, 3.63) is 43.0 Å². The molecule has 0 saturated heterocycles. The molecule has 0 aliphatic heterocycles. The van der Waals surface area contributed by atoms with Crippen LogP contribution in [0.2, 0.25) is 0 Å². The number of rotatable bonds is 4. The minimum absolute atomic E-state index is 0.362. The van der Waals surface area contributed by atoms with E-state index in [4.69, 9.17) is 4.74 Å². The van der Waals surface area contributed by atoms with Crippen molar-refractivity contribution in [1.29, 1.82) is 0 Å². The van der Waals surface area contributed by atoms with Gasteiger partial charge in [-0.2, -0.15) is 4.68 Å². The molecule has 1 aromatic heterocycles. The molecule has 76 valence electrons. The number of nitrogens with zero attached hydrogens (tertiary/aromatic N) is 4. The van der Waals surface area contributed by atoms with Crippen molar-refractivity contribution >= 4 is 0 Å². The lowest BCUT2D eigenvalue weighted by Crippen LogP contribution is -2.03. The molecule has 5 nitrogen and oxygen atoms in total. The Morgan fingerprint density at radius 2 is 2.13 bits per heavy atom. The van der Waals surface area contributed by atoms with Crippen LogP contribution in [0, 0.1) is 0 Å². The van der Waals surface area contributed by atoms with Crippen LogP contribution in [0.25, 0.3) is 5.69 Å². The minimum Gasteiger partial charge on any atom is -0.458 e. The maximum atomic E-state index is 5.29. The number of para-hydroxylation sites is 1. The summed E-state index contributed by atoms with van der Waals surface area (Å²) in [6.07, 6.45) is 1.64. The fraction of sp³-hybridized carbons (Fsp3) is 0.100. The maximum Gasteiger partial charge on any atom is 0.340 e. The van der Waals surface area contributed by atoms with Gasteiger partial charge in [-0.15, -0.1) is 0 Å². The van der Waals surface area contributed by atoms with E-state index in [1.54, 1.807) is 6.08 Å². The number of aromatic nitrogens is 4. The molecule has 0 radical (unpaired) electrons. The summed E-state index contributed by atoms with van der Waals surface area (Å²) in [4.78, 5) is 0. The molecule has 1 aromatic carbocycles. The van der Waals surface area contributed by atoms with Gasteiger partial charge in [0, 0.05) is 0 Å². The number of hydrogen-bond donors (Lipinski definition) is 0. The second-order valence-electron chi connectivity index (χ2n) is 2.81. The zero-order valence-electron chi connectivity index (χ0n) is 8.08. The first-order valence-corrected chi connectivity index (χ1v) is 4.49. The van der Waals surface area contributed by atoms with Crippen molar-refractivity contribution < 1.29 is 4.74 Å². The Bertz CT molecular complexity index is 438. The van der Waals surface area contributed by atoms with Gasteiger partial charge < -0.3 is 4.74 Å². The molecule has 0 atom stereocenters. The van der Waals surface area contributed by atoms with E-state index in [9.17, 15) is 0 Å². The summed E-state index contributed by atoms with van der Waals surface area (Å²) in [5.41, 5.74) is 0.863. The van der Waals surface area contributed by atoms with Crippen molar-refractivity contribution in [3.63, 3.8) is 0 Å². The van der Waals surface area contributed by atoms with Crippen LogP contribution >= 0.6 is 0 Å². The number of tetrazole rings is 1. The van der Waals surface area contributed by atoms with Gasteiger partial charge in [0.2, 0.25) is 0 Å². The molecular formula is C10H10N4O. The van der Waals surface area contributed by atoms with E-state index >= 15 is 0 Å². The predicted octanol–water partition coefficient (Wildman–Crippen LogP) is 1.23. The Balaban J connectivity index is 2.29. The first-order valence-electron chi connectivity index (χ1n) is 4.49. The van der Waals surface area contributed by atoms with E-state index < -0.39 is 0 Å². The van der Waals surface area contributed by atoms with Gasteiger partial charge in [0.25, 0.3) is 0 Å². The Labute approximate surface area is 87.0 Å². The molecule has 2 rings (SSSR count). The van der Waals surface area contributed by atoms with E-state index in [1.807, 2.05) is 30.3 Å². The van der Waals surface area contributed by atoms with Crippen LogP contribution in [0.15, 0.2) is 43.0 Å². The van der Waals surface area contributed by atoms with Gasteiger partial charge in [-0.05, 0) is 22.6 Å². The molecule has 0 spiro atoms. The fourth-order valence-electron chi connectivity index (χ4n) is 1.13.